The molecule has 0 aliphatic carbocycles. The van der Waals surface area contributed by atoms with Crippen LogP contribution in [0.15, 0.2) is 11.6 Å². The highest BCUT2D eigenvalue weighted by atomic mass is 16.5. The van der Waals surface area contributed by atoms with Crippen molar-refractivity contribution in [2.75, 3.05) is 0 Å². The number of cyclic esters (lactones) is 1. The second-order valence-corrected chi connectivity index (χ2v) is 18.0. The minimum Gasteiger partial charge on any atom is -0.459 e. The van der Waals surface area contributed by atoms with E-state index in [1.54, 1.807) is 0 Å². The van der Waals surface area contributed by atoms with Gasteiger partial charge in [-0.05, 0) is 173 Å². The van der Waals surface area contributed by atoms with E-state index in [9.17, 15) is 50.8 Å². The maximum Gasteiger partial charge on any atom is 0.330 e. The molecule has 1 rings (SSSR count). The van der Waals surface area contributed by atoms with Crippen molar-refractivity contribution in [3.8, 4) is 0 Å². The van der Waals surface area contributed by atoms with E-state index >= 15 is 0 Å². The number of ether oxygens (including phenoxy) is 1. The number of aliphatic hydroxyl groups excluding tert-OH is 9. The molecule has 11 heteroatoms. The van der Waals surface area contributed by atoms with E-state index in [4.69, 9.17) is 4.74 Å². The molecule has 0 amide bonds. The van der Waals surface area contributed by atoms with Gasteiger partial charge >= 0.3 is 5.97 Å². The lowest BCUT2D eigenvalue weighted by Crippen LogP contribution is -2.34. The van der Waals surface area contributed by atoms with Gasteiger partial charge < -0.3 is 50.7 Å². The standard InChI is InChI=1S/C44H84O11/c1-32-13-5-26-39(51)30-40(52)27-11-24-37(49)22-9-20-35(47)18-7-16-33(45)14-6-15-34(46)17-8-19-36(48)21-10-23-38(50)25-12-28-41(53)31-42(44(2,3)4)55-43(54)29-32/h29,33-42,45-53H,5-28,30-31H2,1-4H3. The second-order valence-electron chi connectivity index (χ2n) is 18.0. The molecule has 10 atom stereocenters. The van der Waals surface area contributed by atoms with Crippen LogP contribution < -0.4 is 0 Å². The molecule has 0 aromatic carbocycles. The van der Waals surface area contributed by atoms with Crippen LogP contribution in [-0.2, 0) is 9.53 Å². The fourth-order valence-electron chi connectivity index (χ4n) is 7.55. The number of esters is 1. The van der Waals surface area contributed by atoms with Gasteiger partial charge in [0, 0.05) is 12.5 Å². The van der Waals surface area contributed by atoms with Crippen LogP contribution in [0.4, 0.5) is 0 Å². The summed E-state index contributed by atoms with van der Waals surface area (Å²) in [7, 11) is 0. The van der Waals surface area contributed by atoms with Crippen molar-refractivity contribution < 1.29 is 55.5 Å². The van der Waals surface area contributed by atoms with Crippen molar-refractivity contribution in [1.82, 2.24) is 0 Å². The third kappa shape index (κ3) is 28.8. The minimum atomic E-state index is -0.687. The van der Waals surface area contributed by atoms with Crippen molar-refractivity contribution in [2.24, 2.45) is 5.41 Å². The summed E-state index contributed by atoms with van der Waals surface area (Å²) < 4.78 is 5.82. The Morgan fingerprint density at radius 3 is 0.982 bits per heavy atom. The van der Waals surface area contributed by atoms with Gasteiger partial charge in [0.25, 0.3) is 0 Å². The number of hydrogen-bond acceptors (Lipinski definition) is 11. The van der Waals surface area contributed by atoms with Gasteiger partial charge in [-0.3, -0.25) is 0 Å². The first-order chi connectivity index (χ1) is 25.9. The first-order valence-corrected chi connectivity index (χ1v) is 21.9. The summed E-state index contributed by atoms with van der Waals surface area (Å²) in [6, 6.07) is 0. The van der Waals surface area contributed by atoms with Crippen molar-refractivity contribution in [2.45, 2.75) is 256 Å². The maximum absolute atomic E-state index is 12.8. The van der Waals surface area contributed by atoms with Gasteiger partial charge in [0.1, 0.15) is 6.10 Å². The predicted molar refractivity (Wildman–Crippen MR) is 217 cm³/mol. The molecule has 11 nitrogen and oxygen atoms in total. The molecule has 0 spiro atoms. The molecule has 0 fully saturated rings. The van der Waals surface area contributed by atoms with E-state index < -0.39 is 72.4 Å². The van der Waals surface area contributed by atoms with E-state index in [-0.39, 0.29) is 6.42 Å². The Kier molecular flexibility index (Phi) is 28.3. The summed E-state index contributed by atoms with van der Waals surface area (Å²) in [5, 5.41) is 94.1. The zero-order chi connectivity index (χ0) is 41.2. The zero-order valence-corrected chi connectivity index (χ0v) is 35.1. The van der Waals surface area contributed by atoms with Gasteiger partial charge in [0.15, 0.2) is 0 Å². The van der Waals surface area contributed by atoms with Crippen LogP contribution in [0.2, 0.25) is 0 Å². The molecule has 0 radical (unpaired) electrons. The lowest BCUT2D eigenvalue weighted by molar-refractivity contribution is -0.150. The number of hydrogen-bond donors (Lipinski definition) is 9. The molecule has 326 valence electrons. The molecule has 0 saturated carbocycles. The molecule has 1 aliphatic heterocycles. The Labute approximate surface area is 333 Å². The van der Waals surface area contributed by atoms with Crippen LogP contribution in [0.25, 0.3) is 0 Å². The third-order valence-corrected chi connectivity index (χ3v) is 11.3. The van der Waals surface area contributed by atoms with Crippen LogP contribution in [0.1, 0.15) is 195 Å². The highest BCUT2D eigenvalue weighted by Crippen LogP contribution is 2.28. The minimum absolute atomic E-state index is 0.252. The molecular formula is C44H84O11. The van der Waals surface area contributed by atoms with Gasteiger partial charge in [-0.1, -0.05) is 26.3 Å². The summed E-state index contributed by atoms with van der Waals surface area (Å²) in [5.41, 5.74) is 0.436. The highest BCUT2D eigenvalue weighted by Gasteiger charge is 2.30. The van der Waals surface area contributed by atoms with Gasteiger partial charge in [-0.15, -0.1) is 0 Å². The normalized spacial score (nSPS) is 34.5. The van der Waals surface area contributed by atoms with Crippen molar-refractivity contribution in [1.29, 1.82) is 0 Å². The zero-order valence-electron chi connectivity index (χ0n) is 35.1. The Balaban J connectivity index is 2.68. The SMILES string of the molecule is CC1=CC(=O)OC(C(C)(C)C)CC(O)CCCC(O)CCCC(O)CCCC(O)CCCC(O)CCCC(O)CCCC(O)CCCC(O)CC(O)CCC1. The van der Waals surface area contributed by atoms with Gasteiger partial charge in [-0.2, -0.15) is 0 Å². The molecule has 0 aromatic heterocycles. The molecule has 55 heavy (non-hydrogen) atoms. The molecule has 9 N–H and O–H groups in total. The van der Waals surface area contributed by atoms with E-state index in [1.165, 1.54) is 6.08 Å². The molecule has 10 unspecified atom stereocenters. The highest BCUT2D eigenvalue weighted by molar-refractivity contribution is 5.82. The summed E-state index contributed by atoms with van der Waals surface area (Å²) >= 11 is 0. The fraction of sp³-hybridized carbons (Fsp3) is 0.932. The molecule has 0 aromatic rings. The summed E-state index contributed by atoms with van der Waals surface area (Å²) in [6.45, 7) is 7.75. The lowest BCUT2D eigenvalue weighted by Gasteiger charge is -2.31. The van der Waals surface area contributed by atoms with Crippen molar-refractivity contribution in [3.05, 3.63) is 11.6 Å². The number of aliphatic hydroxyl groups is 9. The van der Waals surface area contributed by atoms with Crippen LogP contribution >= 0.6 is 0 Å². The van der Waals surface area contributed by atoms with Crippen LogP contribution in [0, 0.1) is 5.41 Å². The first kappa shape index (κ1) is 51.9. The summed E-state index contributed by atoms with van der Waals surface area (Å²) in [4.78, 5) is 12.8. The molecule has 0 bridgehead atoms. The summed E-state index contributed by atoms with van der Waals surface area (Å²) in [5.74, 6) is -0.464. The lowest BCUT2D eigenvalue weighted by atomic mass is 9.85. The molecule has 0 saturated heterocycles. The Hall–Kier alpha value is -1.15. The quantitative estimate of drug-likeness (QED) is 0.125. The Bertz CT molecular complexity index is 985. The van der Waals surface area contributed by atoms with Crippen LogP contribution in [0.5, 0.6) is 0 Å². The second kappa shape index (κ2) is 30.0. The average molecular weight is 789 g/mol. The van der Waals surface area contributed by atoms with Crippen molar-refractivity contribution >= 4 is 5.97 Å². The molecule has 1 heterocycles. The Morgan fingerprint density at radius 2 is 0.691 bits per heavy atom. The smallest absolute Gasteiger partial charge is 0.330 e. The van der Waals surface area contributed by atoms with Gasteiger partial charge in [0.2, 0.25) is 0 Å². The number of carbonyl (C=O) groups excluding carboxylic acids is 1. The van der Waals surface area contributed by atoms with Crippen LogP contribution in [-0.4, -0.2) is 113 Å². The topological polar surface area (TPSA) is 208 Å². The number of carbonyl (C=O) groups is 1. The van der Waals surface area contributed by atoms with E-state index in [0.717, 1.165) is 5.57 Å². The Morgan fingerprint density at radius 1 is 0.436 bits per heavy atom. The van der Waals surface area contributed by atoms with E-state index in [2.05, 4.69) is 0 Å². The molecule has 1 aliphatic rings. The maximum atomic E-state index is 12.8. The van der Waals surface area contributed by atoms with Crippen molar-refractivity contribution in [3.63, 3.8) is 0 Å². The first-order valence-electron chi connectivity index (χ1n) is 21.9. The average Bonchev–Trinajstić information content (AvgIpc) is 3.07. The fourth-order valence-corrected chi connectivity index (χ4v) is 7.55. The van der Waals surface area contributed by atoms with E-state index in [0.29, 0.717) is 161 Å². The van der Waals surface area contributed by atoms with Crippen LogP contribution in [0.3, 0.4) is 0 Å². The number of rotatable bonds is 0. The predicted octanol–water partition coefficient (Wildman–Crippen LogP) is 6.29. The van der Waals surface area contributed by atoms with Gasteiger partial charge in [0.05, 0.1) is 54.9 Å². The third-order valence-electron chi connectivity index (χ3n) is 11.3. The van der Waals surface area contributed by atoms with E-state index in [1.807, 2.05) is 27.7 Å². The molecular weight excluding hydrogens is 704 g/mol. The monoisotopic (exact) mass is 789 g/mol. The summed E-state index contributed by atoms with van der Waals surface area (Å²) in [6.07, 6.45) is 11.0. The van der Waals surface area contributed by atoms with Gasteiger partial charge in [-0.25, -0.2) is 4.79 Å². The largest absolute Gasteiger partial charge is 0.459 e. The number of allylic oxidation sites excluding steroid dienone is 1.